The summed E-state index contributed by atoms with van der Waals surface area (Å²) in [6.07, 6.45) is 8.97. The van der Waals surface area contributed by atoms with Gasteiger partial charge in [-0.25, -0.2) is 0 Å². The average Bonchev–Trinajstić information content (AvgIpc) is 3.16. The quantitative estimate of drug-likeness (QED) is 0.379. The van der Waals surface area contributed by atoms with Crippen LogP contribution >= 0.6 is 0 Å². The lowest BCUT2D eigenvalue weighted by molar-refractivity contribution is -0.143. The van der Waals surface area contributed by atoms with Gasteiger partial charge in [0.1, 0.15) is 11.5 Å². The number of allylic oxidation sites excluding steroid dienone is 6. The molecule has 0 spiro atoms. The number of benzene rings is 1. The number of phenolic OH excluding ortho intramolecular Hbond substituents is 1. The van der Waals surface area contributed by atoms with Gasteiger partial charge in [-0.1, -0.05) is 37.0 Å². The number of carbonyl (C=O) groups is 4. The average molecular weight is 502 g/mol. The lowest BCUT2D eigenvalue weighted by atomic mass is 9.59. The van der Waals surface area contributed by atoms with Crippen LogP contribution in [-0.2, 0) is 19.2 Å². The van der Waals surface area contributed by atoms with Crippen LogP contribution in [0.2, 0.25) is 0 Å². The summed E-state index contributed by atoms with van der Waals surface area (Å²) in [6.45, 7) is 1.65. The summed E-state index contributed by atoms with van der Waals surface area (Å²) in [7, 11) is 1.50. The zero-order chi connectivity index (χ0) is 26.0. The molecule has 1 N–H and O–H groups in total. The zero-order valence-electron chi connectivity index (χ0n) is 21.2. The number of fused-ring (bicyclic) bond motifs is 3. The van der Waals surface area contributed by atoms with Crippen molar-refractivity contribution >= 4 is 23.4 Å². The first kappa shape index (κ1) is 23.9. The predicted molar refractivity (Wildman–Crippen MR) is 135 cm³/mol. The maximum atomic E-state index is 13.9. The van der Waals surface area contributed by atoms with Gasteiger partial charge in [0, 0.05) is 40.3 Å². The van der Waals surface area contributed by atoms with Gasteiger partial charge in [0.2, 0.25) is 11.8 Å². The third-order valence-electron chi connectivity index (χ3n) is 9.07. The van der Waals surface area contributed by atoms with Crippen LogP contribution in [-0.4, -0.2) is 46.5 Å². The van der Waals surface area contributed by atoms with E-state index in [0.29, 0.717) is 34.5 Å². The molecule has 1 heterocycles. The minimum Gasteiger partial charge on any atom is -0.508 e. The summed E-state index contributed by atoms with van der Waals surface area (Å²) in [5.41, 5.74) is 2.80. The Labute approximate surface area is 215 Å². The number of likely N-dealkylation sites (tertiary alicyclic amines) is 1. The van der Waals surface area contributed by atoms with E-state index in [1.165, 1.54) is 19.3 Å². The van der Waals surface area contributed by atoms with Crippen LogP contribution in [0.15, 0.2) is 52.6 Å². The molecule has 0 bridgehead atoms. The van der Waals surface area contributed by atoms with Gasteiger partial charge >= 0.3 is 0 Å². The number of aromatic hydroxyl groups is 1. The van der Waals surface area contributed by atoms with Gasteiger partial charge < -0.3 is 9.84 Å². The predicted octanol–water partition coefficient (Wildman–Crippen LogP) is 4.16. The number of methoxy groups -OCH3 is 1. The molecule has 2 amide bonds. The number of ether oxygens (including phenoxy) is 1. The number of carbonyl (C=O) groups excluding carboxylic acids is 4. The number of Topliss-reactive ketones (excluding diaryl/α,β-unsaturated/α-hetero) is 1. The Morgan fingerprint density at radius 1 is 1.00 bits per heavy atom. The Balaban J connectivity index is 1.48. The van der Waals surface area contributed by atoms with Crippen molar-refractivity contribution in [2.75, 3.05) is 7.11 Å². The second-order valence-electron chi connectivity index (χ2n) is 11.0. The van der Waals surface area contributed by atoms with Crippen molar-refractivity contribution in [1.82, 2.24) is 4.90 Å². The molecule has 4 atom stereocenters. The molecule has 1 saturated carbocycles. The largest absolute Gasteiger partial charge is 0.508 e. The van der Waals surface area contributed by atoms with E-state index in [2.05, 4.69) is 0 Å². The number of ketones is 2. The highest BCUT2D eigenvalue weighted by Crippen LogP contribution is 2.56. The summed E-state index contributed by atoms with van der Waals surface area (Å²) < 4.78 is 5.60. The molecule has 1 aromatic carbocycles. The van der Waals surface area contributed by atoms with Gasteiger partial charge in [0.15, 0.2) is 11.6 Å². The molecule has 5 aliphatic rings. The Morgan fingerprint density at radius 2 is 1.76 bits per heavy atom. The lowest BCUT2D eigenvalue weighted by Gasteiger charge is -2.42. The summed E-state index contributed by atoms with van der Waals surface area (Å²) in [4.78, 5) is 55.8. The molecule has 6 rings (SSSR count). The van der Waals surface area contributed by atoms with Crippen molar-refractivity contribution < 1.29 is 29.0 Å². The Kier molecular flexibility index (Phi) is 5.70. The van der Waals surface area contributed by atoms with Crippen LogP contribution < -0.4 is 4.74 Å². The molecule has 2 fully saturated rings. The van der Waals surface area contributed by atoms with E-state index in [-0.39, 0.29) is 47.5 Å². The van der Waals surface area contributed by atoms with E-state index in [1.807, 2.05) is 6.08 Å². The first-order valence-electron chi connectivity index (χ1n) is 13.3. The SMILES string of the molecule is COc1cc(O)ccc1[C@H]1C2=CC[C@@H]3C(=O)N(C4CCCCC4)C(=O)[C@@H]3[C@@H]2CC2=C1C(=O)C(C)=CC2=O. The summed E-state index contributed by atoms with van der Waals surface area (Å²) >= 11 is 0. The van der Waals surface area contributed by atoms with Crippen molar-refractivity contribution in [3.8, 4) is 11.5 Å². The van der Waals surface area contributed by atoms with Crippen molar-refractivity contribution in [3.63, 3.8) is 0 Å². The van der Waals surface area contributed by atoms with Crippen LogP contribution in [0.4, 0.5) is 0 Å². The molecule has 0 radical (unpaired) electrons. The van der Waals surface area contributed by atoms with E-state index in [4.69, 9.17) is 4.74 Å². The van der Waals surface area contributed by atoms with Crippen molar-refractivity contribution in [3.05, 3.63) is 58.2 Å². The van der Waals surface area contributed by atoms with Crippen LogP contribution in [0.25, 0.3) is 0 Å². The highest BCUT2D eigenvalue weighted by Gasteiger charge is 2.57. The van der Waals surface area contributed by atoms with Crippen LogP contribution in [0.5, 0.6) is 11.5 Å². The standard InChI is InChI=1S/C30H31NO6/c1-15-12-23(33)22-14-21-18(25(27(22)28(15)34)19-9-8-17(32)13-24(19)37-2)10-11-20-26(21)30(36)31(29(20)35)16-6-4-3-5-7-16/h8-10,12-13,16,20-21,25-26,32H,3-7,11,14H2,1-2H3/t20-,21+,25+,26-/m0/s1. The molecule has 0 aromatic heterocycles. The lowest BCUT2D eigenvalue weighted by Crippen LogP contribution is -2.43. The fraction of sp³-hybridized carbons (Fsp3) is 0.467. The maximum absolute atomic E-state index is 13.9. The number of nitrogens with zero attached hydrogens (tertiary/aromatic N) is 1. The molecule has 37 heavy (non-hydrogen) atoms. The molecule has 7 nitrogen and oxygen atoms in total. The van der Waals surface area contributed by atoms with E-state index < -0.39 is 17.8 Å². The number of imide groups is 1. The van der Waals surface area contributed by atoms with Crippen molar-refractivity contribution in [1.29, 1.82) is 0 Å². The van der Waals surface area contributed by atoms with E-state index >= 15 is 0 Å². The molecular weight excluding hydrogens is 470 g/mol. The topological polar surface area (TPSA) is 101 Å². The minimum absolute atomic E-state index is 0.0293. The normalized spacial score (nSPS) is 30.1. The Morgan fingerprint density at radius 3 is 2.49 bits per heavy atom. The first-order chi connectivity index (χ1) is 17.8. The highest BCUT2D eigenvalue weighted by molar-refractivity contribution is 6.24. The number of hydrogen-bond acceptors (Lipinski definition) is 6. The Bertz CT molecular complexity index is 1330. The zero-order valence-corrected chi connectivity index (χ0v) is 21.2. The molecule has 1 saturated heterocycles. The third kappa shape index (κ3) is 3.54. The van der Waals surface area contributed by atoms with Crippen LogP contribution in [0, 0.1) is 17.8 Å². The van der Waals surface area contributed by atoms with E-state index in [9.17, 15) is 24.3 Å². The van der Waals surface area contributed by atoms with E-state index in [1.54, 1.807) is 24.0 Å². The van der Waals surface area contributed by atoms with Gasteiger partial charge in [-0.05, 0) is 50.7 Å². The summed E-state index contributed by atoms with van der Waals surface area (Å²) in [5.74, 6) is -2.08. The van der Waals surface area contributed by atoms with Gasteiger partial charge in [0.25, 0.3) is 0 Å². The number of amides is 2. The van der Waals surface area contributed by atoms with Gasteiger partial charge in [0.05, 0.1) is 18.9 Å². The van der Waals surface area contributed by atoms with Gasteiger partial charge in [-0.3, -0.25) is 24.1 Å². The minimum atomic E-state index is -0.586. The smallest absolute Gasteiger partial charge is 0.233 e. The molecule has 1 aromatic rings. The van der Waals surface area contributed by atoms with Crippen molar-refractivity contribution in [2.45, 2.75) is 63.8 Å². The number of hydrogen-bond donors (Lipinski definition) is 1. The van der Waals surface area contributed by atoms with E-state index in [0.717, 1.165) is 37.7 Å². The van der Waals surface area contributed by atoms with Gasteiger partial charge in [-0.2, -0.15) is 0 Å². The molecule has 0 unspecified atom stereocenters. The summed E-state index contributed by atoms with van der Waals surface area (Å²) in [6, 6.07) is 4.72. The van der Waals surface area contributed by atoms with Gasteiger partial charge in [-0.15, -0.1) is 0 Å². The number of phenols is 1. The second kappa shape index (κ2) is 8.82. The first-order valence-corrected chi connectivity index (χ1v) is 13.3. The second-order valence-corrected chi connectivity index (χ2v) is 11.0. The molecule has 4 aliphatic carbocycles. The van der Waals surface area contributed by atoms with Crippen LogP contribution in [0.1, 0.15) is 63.4 Å². The van der Waals surface area contributed by atoms with Crippen molar-refractivity contribution in [2.24, 2.45) is 17.8 Å². The third-order valence-corrected chi connectivity index (χ3v) is 9.07. The fourth-order valence-corrected chi connectivity index (χ4v) is 7.38. The van der Waals surface area contributed by atoms with Crippen LogP contribution in [0.3, 0.4) is 0 Å². The highest BCUT2D eigenvalue weighted by atomic mass is 16.5. The molecular formula is C30H31NO6. The molecule has 7 heteroatoms. The monoisotopic (exact) mass is 501 g/mol. The Hall–Kier alpha value is -3.48. The molecule has 1 aliphatic heterocycles. The number of rotatable bonds is 3. The fourth-order valence-electron chi connectivity index (χ4n) is 7.38. The molecule has 192 valence electrons. The summed E-state index contributed by atoms with van der Waals surface area (Å²) in [5, 5.41) is 10.1. The maximum Gasteiger partial charge on any atom is 0.233 e.